The van der Waals surface area contributed by atoms with Crippen molar-refractivity contribution >= 4 is 58.4 Å². The summed E-state index contributed by atoms with van der Waals surface area (Å²) in [7, 11) is 3.23. The normalized spacial score (nSPS) is 19.1. The molecule has 5 fully saturated rings. The van der Waals surface area contributed by atoms with Crippen LogP contribution < -0.4 is 9.47 Å². The van der Waals surface area contributed by atoms with Gasteiger partial charge in [0.2, 0.25) is 0 Å². The number of para-hydroxylation sites is 1. The molecule has 5 aliphatic rings. The van der Waals surface area contributed by atoms with Gasteiger partial charge in [-0.2, -0.15) is 0 Å². The van der Waals surface area contributed by atoms with Crippen LogP contribution >= 0.6 is 23.2 Å². The third kappa shape index (κ3) is 24.1. The Morgan fingerprint density at radius 1 is 0.339 bits per heavy atom. The Bertz CT molecular complexity index is 4880. The first-order valence-corrected chi connectivity index (χ1v) is 41.5. The zero-order chi connectivity index (χ0) is 83.3. The molecule has 0 saturated carbocycles. The molecule has 5 saturated heterocycles. The predicted molar refractivity (Wildman–Crippen MR) is 462 cm³/mol. The van der Waals surface area contributed by atoms with Crippen molar-refractivity contribution in [1.29, 1.82) is 0 Å². The molecule has 614 valence electrons. The van der Waals surface area contributed by atoms with Gasteiger partial charge in [-0.3, -0.25) is 24.0 Å². The minimum absolute atomic E-state index is 0.0105. The van der Waals surface area contributed by atoms with Gasteiger partial charge >= 0.3 is 0 Å². The van der Waals surface area contributed by atoms with Gasteiger partial charge in [0.05, 0.1) is 51.3 Å². The van der Waals surface area contributed by atoms with Crippen molar-refractivity contribution in [2.75, 3.05) is 79.7 Å². The van der Waals surface area contributed by atoms with E-state index in [1.807, 2.05) is 255 Å². The van der Waals surface area contributed by atoms with E-state index in [0.29, 0.717) is 82.0 Å². The zero-order valence-corrected chi connectivity index (χ0v) is 68.4. The minimum Gasteiger partial charge on any atom is -0.497 e. The highest BCUT2D eigenvalue weighted by Gasteiger charge is 2.36. The number of rotatable bonds is 17. The SMILES string of the molecule is COc1cccc(C(O)C2CCCN(C(=O)c3ccccc3)C2)c1.COc1ccccc1C(O)C1CCCN(C(=O)c2ccccc2)C1.O=C(c1ccccc1)N1CCCC(C(O)c2cccc(Cl)c2)C1.O=C(c1ccccc1)N1CCCC(C(O)c2ccccc2Cl)C1.[C-]#[N+]c1ccc(C(O)C2CCCN(C(=O)c3ccccc3)C2)cc1. The monoisotopic (exact) mass is 1630 g/mol. The van der Waals surface area contributed by atoms with Crippen molar-refractivity contribution in [3.8, 4) is 11.5 Å². The summed E-state index contributed by atoms with van der Waals surface area (Å²) in [5.74, 6) is 1.71. The van der Waals surface area contributed by atoms with Crippen molar-refractivity contribution in [2.45, 2.75) is 94.7 Å². The van der Waals surface area contributed by atoms with Crippen LogP contribution in [0.5, 0.6) is 11.5 Å². The third-order valence-corrected chi connectivity index (χ3v) is 23.3. The molecule has 0 aliphatic carbocycles. The smallest absolute Gasteiger partial charge is 0.253 e. The van der Waals surface area contributed by atoms with Crippen molar-refractivity contribution in [2.24, 2.45) is 29.6 Å². The fraction of sp³-hybridized carbons (Fsp3) is 0.327. The molecule has 118 heavy (non-hydrogen) atoms. The number of halogens is 2. The van der Waals surface area contributed by atoms with Crippen LogP contribution in [-0.2, 0) is 0 Å². The van der Waals surface area contributed by atoms with Gasteiger partial charge in [-0.05, 0) is 184 Å². The van der Waals surface area contributed by atoms with Gasteiger partial charge in [0.15, 0.2) is 5.69 Å². The Balaban J connectivity index is 0.000000145. The number of aliphatic hydroxyl groups is 5. The molecule has 5 aliphatic heterocycles. The third-order valence-electron chi connectivity index (χ3n) is 22.7. The lowest BCUT2D eigenvalue weighted by atomic mass is 9.88. The quantitative estimate of drug-likeness (QED) is 0.0537. The molecular weight excluding hydrogens is 1520 g/mol. The lowest BCUT2D eigenvalue weighted by Gasteiger charge is -2.35. The van der Waals surface area contributed by atoms with E-state index in [-0.39, 0.29) is 59.1 Å². The van der Waals surface area contributed by atoms with Gasteiger partial charge in [0, 0.05) is 138 Å². The Kier molecular flexibility index (Phi) is 33.2. The van der Waals surface area contributed by atoms with Crippen LogP contribution in [0.3, 0.4) is 0 Å². The molecule has 10 unspecified atom stereocenters. The number of hydrogen-bond donors (Lipinski definition) is 5. The second-order valence-corrected chi connectivity index (χ2v) is 31.5. The summed E-state index contributed by atoms with van der Waals surface area (Å²) in [4.78, 5) is 75.6. The van der Waals surface area contributed by atoms with Gasteiger partial charge < -0.3 is 59.5 Å². The number of carbonyl (C=O) groups is 5. The van der Waals surface area contributed by atoms with Crippen molar-refractivity contribution < 1.29 is 59.0 Å². The Morgan fingerprint density at radius 2 is 0.644 bits per heavy atom. The first-order valence-electron chi connectivity index (χ1n) is 40.8. The number of hydrogen-bond acceptors (Lipinski definition) is 12. The first kappa shape index (κ1) is 87.8. The maximum Gasteiger partial charge on any atom is 0.253 e. The average molecular weight is 1630 g/mol. The maximum absolute atomic E-state index is 12.6. The summed E-state index contributed by atoms with van der Waals surface area (Å²) in [6.07, 6.45) is 5.92. The Hall–Kier alpha value is -11.0. The molecular formula is C98H106Cl2N6O12. The molecule has 15 rings (SSSR count). The van der Waals surface area contributed by atoms with Gasteiger partial charge in [0.25, 0.3) is 29.5 Å². The lowest BCUT2D eigenvalue weighted by molar-refractivity contribution is 0.0387. The molecule has 0 spiro atoms. The number of amides is 5. The molecule has 0 bridgehead atoms. The number of piperidine rings is 5. The maximum atomic E-state index is 12.6. The fourth-order valence-corrected chi connectivity index (χ4v) is 16.7. The highest BCUT2D eigenvalue weighted by atomic mass is 35.5. The van der Waals surface area contributed by atoms with Gasteiger partial charge in [-0.25, -0.2) is 4.85 Å². The number of nitrogens with zero attached hydrogens (tertiary/aromatic N) is 6. The molecule has 18 nitrogen and oxygen atoms in total. The van der Waals surface area contributed by atoms with Crippen LogP contribution in [-0.4, -0.2) is 159 Å². The number of likely N-dealkylation sites (tertiary alicyclic amines) is 5. The summed E-state index contributed by atoms with van der Waals surface area (Å²) >= 11 is 12.2. The van der Waals surface area contributed by atoms with Gasteiger partial charge in [-0.1, -0.05) is 199 Å². The molecule has 10 atom stereocenters. The number of benzene rings is 10. The van der Waals surface area contributed by atoms with Gasteiger partial charge in [0.1, 0.15) is 11.5 Å². The van der Waals surface area contributed by atoms with Crippen LogP contribution in [0.25, 0.3) is 4.85 Å². The lowest BCUT2D eigenvalue weighted by Crippen LogP contribution is -2.41. The number of carbonyl (C=O) groups excluding carboxylic acids is 5. The second-order valence-electron chi connectivity index (χ2n) is 30.6. The van der Waals surface area contributed by atoms with Gasteiger partial charge in [-0.15, -0.1) is 0 Å². The predicted octanol–water partition coefficient (Wildman–Crippen LogP) is 18.2. The van der Waals surface area contributed by atoms with E-state index in [1.165, 1.54) is 0 Å². The van der Waals surface area contributed by atoms with Crippen LogP contribution in [0.1, 0.15) is 174 Å². The molecule has 20 heteroatoms. The molecule has 5 amide bonds. The molecule has 10 aromatic rings. The Morgan fingerprint density at radius 3 is 0.983 bits per heavy atom. The van der Waals surface area contributed by atoms with E-state index in [4.69, 9.17) is 39.2 Å². The summed E-state index contributed by atoms with van der Waals surface area (Å²) in [6, 6.07) is 83.3. The van der Waals surface area contributed by atoms with E-state index in [1.54, 1.807) is 56.7 Å². The number of methoxy groups -OCH3 is 2. The highest BCUT2D eigenvalue weighted by molar-refractivity contribution is 6.31. The second kappa shape index (κ2) is 44.5. The highest BCUT2D eigenvalue weighted by Crippen LogP contribution is 2.39. The molecule has 0 radical (unpaired) electrons. The summed E-state index contributed by atoms with van der Waals surface area (Å²) in [5, 5.41) is 54.7. The van der Waals surface area contributed by atoms with E-state index in [9.17, 15) is 49.5 Å². The minimum atomic E-state index is -0.643. The van der Waals surface area contributed by atoms with E-state index in [0.717, 1.165) is 130 Å². The molecule has 10 aromatic carbocycles. The van der Waals surface area contributed by atoms with Crippen LogP contribution in [0.4, 0.5) is 5.69 Å². The van der Waals surface area contributed by atoms with E-state index < -0.39 is 30.5 Å². The van der Waals surface area contributed by atoms with Crippen molar-refractivity contribution in [3.05, 3.63) is 350 Å². The average Bonchev–Trinajstić information content (AvgIpc) is 0.834. The zero-order valence-electron chi connectivity index (χ0n) is 66.9. The van der Waals surface area contributed by atoms with Crippen LogP contribution in [0, 0.1) is 36.2 Å². The topological polar surface area (TPSA) is 226 Å². The standard InChI is InChI=1S/C20H20N2O2.2C20H23NO3.2C19H20ClNO2/c1-21-18-11-9-15(10-12-18)19(23)17-8-5-13-22(14-17)20(24)16-6-3-2-4-7-16;1-24-18-11-5-9-16(13-18)19(22)17-10-6-12-21(14-17)20(23)15-7-3-2-4-8-15;1-24-18-12-6-5-11-17(18)19(22)16-10-7-13-21(14-16)20(23)15-8-3-2-4-9-15;20-17-10-4-8-15(12-17)18(22)16-9-5-11-21(13-16)19(23)14-6-2-1-3-7-14;20-17-11-5-4-10-16(17)18(22)15-9-6-12-21(13-15)19(23)14-7-2-1-3-8-14/h2-4,6-7,9-12,17,19,23H,5,8,13-14H2;2-5,7-9,11,13,17,19,22H,6,10,12,14H2,1H3;2-6,8-9,11-12,16,19,22H,7,10,13-14H2,1H3;1-4,6-8,10,12,16,18,22H,5,9,11,13H2;1-5,7-8,10-11,15,18,22H,6,9,12-13H2. The van der Waals surface area contributed by atoms with E-state index >= 15 is 0 Å². The summed E-state index contributed by atoms with van der Waals surface area (Å²) in [6.45, 7) is 13.5. The largest absolute Gasteiger partial charge is 0.497 e. The summed E-state index contributed by atoms with van der Waals surface area (Å²) in [5.41, 5.74) is 8.05. The number of ether oxygens (including phenoxy) is 2. The van der Waals surface area contributed by atoms with Crippen LogP contribution in [0.15, 0.2) is 273 Å². The first-order chi connectivity index (χ1) is 57.4. The fourth-order valence-electron chi connectivity index (χ4n) is 16.3. The van der Waals surface area contributed by atoms with E-state index in [2.05, 4.69) is 4.85 Å². The van der Waals surface area contributed by atoms with Crippen molar-refractivity contribution in [3.63, 3.8) is 0 Å². The molecule has 0 aromatic heterocycles. The van der Waals surface area contributed by atoms with Crippen molar-refractivity contribution in [1.82, 2.24) is 24.5 Å². The Labute approximate surface area is 703 Å². The number of aliphatic hydroxyl groups excluding tert-OH is 5. The van der Waals surface area contributed by atoms with Crippen LogP contribution in [0.2, 0.25) is 10.0 Å². The molecule has 5 heterocycles. The molecule has 5 N–H and O–H groups in total. The summed E-state index contributed by atoms with van der Waals surface area (Å²) < 4.78 is 10.6.